The van der Waals surface area contributed by atoms with Gasteiger partial charge in [0.25, 0.3) is 11.8 Å². The molecule has 36 heavy (non-hydrogen) atoms. The number of fused-ring (bicyclic) bond motifs is 1. The number of hydrogen-bond acceptors (Lipinski definition) is 3. The first-order chi connectivity index (χ1) is 17.3. The second kappa shape index (κ2) is 9.68. The van der Waals surface area contributed by atoms with Crippen molar-refractivity contribution in [2.45, 2.75) is 19.1 Å². The highest BCUT2D eigenvalue weighted by Crippen LogP contribution is 2.29. The maximum atomic E-state index is 13.0. The van der Waals surface area contributed by atoms with Crippen LogP contribution in [-0.4, -0.2) is 54.3 Å². The van der Waals surface area contributed by atoms with E-state index in [0.717, 1.165) is 37.3 Å². The van der Waals surface area contributed by atoms with Gasteiger partial charge < -0.3 is 14.7 Å². The summed E-state index contributed by atoms with van der Waals surface area (Å²) in [6.07, 6.45) is -3.45. The predicted molar refractivity (Wildman–Crippen MR) is 131 cm³/mol. The number of alkyl halides is 3. The average Bonchev–Trinajstić information content (AvgIpc) is 2.92. The van der Waals surface area contributed by atoms with E-state index in [1.165, 1.54) is 23.3 Å². The van der Waals surface area contributed by atoms with Crippen LogP contribution >= 0.6 is 0 Å². The number of nitrogens with zero attached hydrogens (tertiary/aromatic N) is 3. The SMILES string of the molecule is O=C(c1ccc(N2CCc3ccccc3C2)cc1)N1CCN(C(=O)c2ccc(C(F)(F)F)cc2)CC1. The number of halogens is 3. The second-order valence-electron chi connectivity index (χ2n) is 9.15. The first-order valence-corrected chi connectivity index (χ1v) is 12.0. The zero-order chi connectivity index (χ0) is 25.3. The van der Waals surface area contributed by atoms with E-state index in [4.69, 9.17) is 0 Å². The summed E-state index contributed by atoms with van der Waals surface area (Å²) < 4.78 is 38.3. The molecule has 0 unspecified atom stereocenters. The van der Waals surface area contributed by atoms with Crippen LogP contribution in [0, 0.1) is 0 Å². The predicted octanol–water partition coefficient (Wildman–Crippen LogP) is 4.87. The topological polar surface area (TPSA) is 43.9 Å². The van der Waals surface area contributed by atoms with E-state index in [-0.39, 0.29) is 17.4 Å². The molecule has 0 spiro atoms. The van der Waals surface area contributed by atoms with Crippen molar-refractivity contribution in [1.29, 1.82) is 0 Å². The lowest BCUT2D eigenvalue weighted by molar-refractivity contribution is -0.137. The molecule has 0 saturated carbocycles. The van der Waals surface area contributed by atoms with E-state index in [1.54, 1.807) is 9.80 Å². The van der Waals surface area contributed by atoms with Gasteiger partial charge in [0.05, 0.1) is 5.56 Å². The Morgan fingerprint density at radius 1 is 0.639 bits per heavy atom. The van der Waals surface area contributed by atoms with Crippen molar-refractivity contribution in [2.24, 2.45) is 0 Å². The van der Waals surface area contributed by atoms with Gasteiger partial charge in [-0.3, -0.25) is 9.59 Å². The van der Waals surface area contributed by atoms with Crippen LogP contribution in [0.15, 0.2) is 72.8 Å². The van der Waals surface area contributed by atoms with Crippen LogP contribution in [0.1, 0.15) is 37.4 Å². The Morgan fingerprint density at radius 3 is 1.67 bits per heavy atom. The molecule has 5 nitrogen and oxygen atoms in total. The van der Waals surface area contributed by atoms with E-state index in [1.807, 2.05) is 24.3 Å². The summed E-state index contributed by atoms with van der Waals surface area (Å²) >= 11 is 0. The van der Waals surface area contributed by atoms with E-state index in [2.05, 4.69) is 29.2 Å². The Hall–Kier alpha value is -3.81. The second-order valence-corrected chi connectivity index (χ2v) is 9.15. The molecule has 186 valence electrons. The minimum absolute atomic E-state index is 0.0906. The number of carbonyl (C=O) groups is 2. The summed E-state index contributed by atoms with van der Waals surface area (Å²) in [6.45, 7) is 3.18. The monoisotopic (exact) mass is 493 g/mol. The molecule has 2 amide bonds. The first-order valence-electron chi connectivity index (χ1n) is 12.0. The maximum Gasteiger partial charge on any atom is 0.416 e. The number of hydrogen-bond donors (Lipinski definition) is 0. The molecule has 2 heterocycles. The van der Waals surface area contributed by atoms with Crippen LogP contribution in [0.25, 0.3) is 0 Å². The molecule has 2 aliphatic heterocycles. The Kier molecular flexibility index (Phi) is 6.43. The maximum absolute atomic E-state index is 13.0. The normalized spacial score (nSPS) is 16.0. The van der Waals surface area contributed by atoms with Gasteiger partial charge in [0.15, 0.2) is 0 Å². The molecule has 5 rings (SSSR count). The first kappa shape index (κ1) is 23.9. The van der Waals surface area contributed by atoms with Gasteiger partial charge in [-0.25, -0.2) is 0 Å². The fraction of sp³-hybridized carbons (Fsp3) is 0.286. The van der Waals surface area contributed by atoms with Crippen molar-refractivity contribution in [3.8, 4) is 0 Å². The van der Waals surface area contributed by atoms with Gasteiger partial charge in [-0.15, -0.1) is 0 Å². The standard InChI is InChI=1S/C28H26F3N3O2/c29-28(30,31)24-9-5-21(6-10-24)26(35)32-15-17-33(18-16-32)27(36)22-7-11-25(12-8-22)34-14-13-20-3-1-2-4-23(20)19-34/h1-12H,13-19H2. The molecule has 8 heteroatoms. The highest BCUT2D eigenvalue weighted by atomic mass is 19.4. The van der Waals surface area contributed by atoms with Crippen LogP contribution < -0.4 is 4.90 Å². The summed E-state index contributed by atoms with van der Waals surface area (Å²) in [4.78, 5) is 31.3. The summed E-state index contributed by atoms with van der Waals surface area (Å²) in [7, 11) is 0. The van der Waals surface area contributed by atoms with Gasteiger partial charge >= 0.3 is 6.18 Å². The third-order valence-corrected chi connectivity index (χ3v) is 6.92. The van der Waals surface area contributed by atoms with Crippen molar-refractivity contribution in [3.05, 3.63) is 101 Å². The van der Waals surface area contributed by atoms with Crippen LogP contribution in [0.3, 0.4) is 0 Å². The molecule has 0 radical (unpaired) electrons. The van der Waals surface area contributed by atoms with Gasteiger partial charge in [0.1, 0.15) is 0 Å². The molecule has 0 atom stereocenters. The number of piperazine rings is 1. The van der Waals surface area contributed by atoms with Crippen molar-refractivity contribution in [3.63, 3.8) is 0 Å². The summed E-state index contributed by atoms with van der Waals surface area (Å²) in [5, 5.41) is 0. The van der Waals surface area contributed by atoms with Crippen LogP contribution in [0.5, 0.6) is 0 Å². The molecule has 3 aromatic carbocycles. The van der Waals surface area contributed by atoms with Gasteiger partial charge in [-0.2, -0.15) is 13.2 Å². The van der Waals surface area contributed by atoms with Crippen LogP contribution in [0.4, 0.5) is 18.9 Å². The van der Waals surface area contributed by atoms with Gasteiger partial charge in [0, 0.05) is 56.1 Å². The number of rotatable bonds is 3. The van der Waals surface area contributed by atoms with Crippen molar-refractivity contribution in [2.75, 3.05) is 37.6 Å². The number of amides is 2. The summed E-state index contributed by atoms with van der Waals surface area (Å²) in [5.74, 6) is -0.421. The lowest BCUT2D eigenvalue weighted by Gasteiger charge is -2.35. The fourth-order valence-corrected chi connectivity index (χ4v) is 4.81. The highest BCUT2D eigenvalue weighted by molar-refractivity contribution is 5.96. The van der Waals surface area contributed by atoms with Gasteiger partial charge in [0.2, 0.25) is 0 Å². The Morgan fingerprint density at radius 2 is 1.14 bits per heavy atom. The van der Waals surface area contributed by atoms with Gasteiger partial charge in [-0.05, 0) is 66.1 Å². The minimum atomic E-state index is -4.44. The molecule has 1 saturated heterocycles. The minimum Gasteiger partial charge on any atom is -0.367 e. The van der Waals surface area contributed by atoms with E-state index < -0.39 is 11.7 Å². The molecule has 0 bridgehead atoms. The lowest BCUT2D eigenvalue weighted by Crippen LogP contribution is -2.50. The smallest absolute Gasteiger partial charge is 0.367 e. The van der Waals surface area contributed by atoms with Crippen LogP contribution in [-0.2, 0) is 19.1 Å². The Labute approximate surface area is 207 Å². The fourth-order valence-electron chi connectivity index (χ4n) is 4.81. The van der Waals surface area contributed by atoms with E-state index >= 15 is 0 Å². The van der Waals surface area contributed by atoms with Crippen LogP contribution in [0.2, 0.25) is 0 Å². The largest absolute Gasteiger partial charge is 0.416 e. The average molecular weight is 494 g/mol. The van der Waals surface area contributed by atoms with E-state index in [9.17, 15) is 22.8 Å². The summed E-state index contributed by atoms with van der Waals surface area (Å²) in [6, 6.07) is 20.3. The molecular weight excluding hydrogens is 467 g/mol. The van der Waals surface area contributed by atoms with Crippen molar-refractivity contribution in [1.82, 2.24) is 9.80 Å². The van der Waals surface area contributed by atoms with E-state index in [0.29, 0.717) is 31.7 Å². The van der Waals surface area contributed by atoms with Gasteiger partial charge in [-0.1, -0.05) is 24.3 Å². The zero-order valence-electron chi connectivity index (χ0n) is 19.7. The lowest BCUT2D eigenvalue weighted by atomic mass is 9.99. The van der Waals surface area contributed by atoms with Crippen molar-refractivity contribution >= 4 is 17.5 Å². The molecule has 2 aliphatic rings. The summed E-state index contributed by atoms with van der Waals surface area (Å²) in [5.41, 5.74) is 3.81. The molecule has 0 aliphatic carbocycles. The number of benzene rings is 3. The molecular formula is C28H26F3N3O2. The zero-order valence-corrected chi connectivity index (χ0v) is 19.7. The Bertz CT molecular complexity index is 1250. The third-order valence-electron chi connectivity index (χ3n) is 6.92. The molecule has 0 N–H and O–H groups in total. The highest BCUT2D eigenvalue weighted by Gasteiger charge is 2.31. The molecule has 3 aromatic rings. The molecule has 1 fully saturated rings. The third kappa shape index (κ3) is 4.94. The Balaban J connectivity index is 1.17. The van der Waals surface area contributed by atoms with Crippen molar-refractivity contribution < 1.29 is 22.8 Å². The quantitative estimate of drug-likeness (QED) is 0.523. The number of anilines is 1. The molecule has 0 aromatic heterocycles. The number of carbonyl (C=O) groups excluding carboxylic acids is 2.